The van der Waals surface area contributed by atoms with Gasteiger partial charge < -0.3 is 10.6 Å². The number of nitrogens with one attached hydrogen (secondary N) is 2. The Bertz CT molecular complexity index is 538. The molecule has 1 aromatic heterocycles. The van der Waals surface area contributed by atoms with Gasteiger partial charge in [-0.2, -0.15) is 0 Å². The first-order valence-corrected chi connectivity index (χ1v) is 7.35. The maximum atomic E-state index is 4.39. The van der Waals surface area contributed by atoms with Gasteiger partial charge in [-0.1, -0.05) is 18.2 Å². The molecule has 0 amide bonds. The zero-order chi connectivity index (χ0) is 14.4. The number of para-hydroxylation sites is 1. The van der Waals surface area contributed by atoms with Crippen molar-refractivity contribution in [1.82, 2.24) is 15.6 Å². The van der Waals surface area contributed by atoms with Crippen molar-refractivity contribution in [3.05, 3.63) is 42.1 Å². The summed E-state index contributed by atoms with van der Waals surface area (Å²) >= 11 is 0. The molecule has 20 heavy (non-hydrogen) atoms. The molecule has 0 aliphatic carbocycles. The van der Waals surface area contributed by atoms with Crippen LogP contribution in [0, 0.1) is 0 Å². The number of fused-ring (bicyclic) bond motifs is 1. The molecule has 108 valence electrons. The van der Waals surface area contributed by atoms with E-state index in [0.717, 1.165) is 31.6 Å². The van der Waals surface area contributed by atoms with Crippen LogP contribution in [0.5, 0.6) is 0 Å². The molecule has 2 rings (SSSR count). The van der Waals surface area contributed by atoms with E-state index < -0.39 is 0 Å². The van der Waals surface area contributed by atoms with E-state index in [4.69, 9.17) is 0 Å². The minimum absolute atomic E-state index is 0.210. The third kappa shape index (κ3) is 4.58. The Hall–Kier alpha value is -1.45. The van der Waals surface area contributed by atoms with Gasteiger partial charge in [0.15, 0.2) is 0 Å². The summed E-state index contributed by atoms with van der Waals surface area (Å²) in [6.45, 7) is 9.57. The third-order valence-electron chi connectivity index (χ3n) is 3.24. The summed E-state index contributed by atoms with van der Waals surface area (Å²) in [6.07, 6.45) is 3.03. The van der Waals surface area contributed by atoms with E-state index in [1.54, 1.807) is 0 Å². The van der Waals surface area contributed by atoms with Gasteiger partial charge in [-0.3, -0.25) is 4.98 Å². The first kappa shape index (κ1) is 14.9. The topological polar surface area (TPSA) is 37.0 Å². The van der Waals surface area contributed by atoms with Crippen LogP contribution in [0.15, 0.2) is 36.5 Å². The molecular formula is C17H25N3. The lowest BCUT2D eigenvalue weighted by Gasteiger charge is -2.20. The number of hydrogen-bond acceptors (Lipinski definition) is 3. The number of aromatic nitrogens is 1. The zero-order valence-corrected chi connectivity index (χ0v) is 12.7. The van der Waals surface area contributed by atoms with Gasteiger partial charge in [-0.25, -0.2) is 0 Å². The second-order valence-corrected chi connectivity index (χ2v) is 6.19. The first-order chi connectivity index (χ1) is 9.56. The smallest absolute Gasteiger partial charge is 0.0705 e. The van der Waals surface area contributed by atoms with Crippen molar-refractivity contribution in [3.63, 3.8) is 0 Å². The van der Waals surface area contributed by atoms with Crippen molar-refractivity contribution in [2.75, 3.05) is 13.1 Å². The quantitative estimate of drug-likeness (QED) is 0.793. The number of rotatable bonds is 6. The van der Waals surface area contributed by atoms with Crippen LogP contribution < -0.4 is 10.6 Å². The molecule has 3 nitrogen and oxygen atoms in total. The lowest BCUT2D eigenvalue weighted by Crippen LogP contribution is -2.37. The predicted octanol–water partition coefficient (Wildman–Crippen LogP) is 3.10. The Labute approximate surface area is 121 Å². The zero-order valence-electron chi connectivity index (χ0n) is 12.7. The van der Waals surface area contributed by atoms with Crippen LogP contribution in [0.25, 0.3) is 10.9 Å². The monoisotopic (exact) mass is 271 g/mol. The second-order valence-electron chi connectivity index (χ2n) is 6.19. The highest BCUT2D eigenvalue weighted by molar-refractivity contribution is 5.81. The summed E-state index contributed by atoms with van der Waals surface area (Å²) < 4.78 is 0. The summed E-state index contributed by atoms with van der Waals surface area (Å²) in [7, 11) is 0. The van der Waals surface area contributed by atoms with E-state index in [2.05, 4.69) is 60.7 Å². The molecule has 0 radical (unpaired) electrons. The van der Waals surface area contributed by atoms with E-state index in [1.165, 1.54) is 10.9 Å². The van der Waals surface area contributed by atoms with Crippen molar-refractivity contribution >= 4 is 10.9 Å². The molecule has 0 unspecified atom stereocenters. The van der Waals surface area contributed by atoms with Gasteiger partial charge in [0.25, 0.3) is 0 Å². The molecule has 2 aromatic rings. The summed E-state index contributed by atoms with van der Waals surface area (Å²) in [5, 5.41) is 8.26. The third-order valence-corrected chi connectivity index (χ3v) is 3.24. The van der Waals surface area contributed by atoms with Crippen molar-refractivity contribution in [2.24, 2.45) is 0 Å². The van der Waals surface area contributed by atoms with Crippen LogP contribution in [0.2, 0.25) is 0 Å². The van der Waals surface area contributed by atoms with Crippen LogP contribution in [0.4, 0.5) is 0 Å². The van der Waals surface area contributed by atoms with Gasteiger partial charge in [-0.05, 0) is 58.0 Å². The molecule has 0 spiro atoms. The lowest BCUT2D eigenvalue weighted by molar-refractivity contribution is 0.418. The Morgan fingerprint density at radius 1 is 1.05 bits per heavy atom. The van der Waals surface area contributed by atoms with E-state index in [9.17, 15) is 0 Å². The van der Waals surface area contributed by atoms with E-state index in [0.29, 0.717) is 0 Å². The first-order valence-electron chi connectivity index (χ1n) is 7.35. The second kappa shape index (κ2) is 6.82. The minimum Gasteiger partial charge on any atom is -0.313 e. The van der Waals surface area contributed by atoms with Crippen molar-refractivity contribution in [3.8, 4) is 0 Å². The summed E-state index contributed by atoms with van der Waals surface area (Å²) in [5.74, 6) is 0. The van der Waals surface area contributed by atoms with Crippen molar-refractivity contribution < 1.29 is 0 Å². The fourth-order valence-corrected chi connectivity index (χ4v) is 2.21. The highest BCUT2D eigenvalue weighted by Crippen LogP contribution is 2.15. The fourth-order valence-electron chi connectivity index (χ4n) is 2.21. The number of benzene rings is 1. The molecule has 2 N–H and O–H groups in total. The molecule has 0 aliphatic heterocycles. The standard InChI is InChI=1S/C17H25N3/c1-17(2,3)20-11-6-10-18-13-14-9-12-19-16-8-5-4-7-15(14)16/h4-5,7-9,12,18,20H,6,10-11,13H2,1-3H3. The molecular weight excluding hydrogens is 246 g/mol. The van der Waals surface area contributed by atoms with Gasteiger partial charge in [0, 0.05) is 23.7 Å². The molecule has 0 aliphatic rings. The highest BCUT2D eigenvalue weighted by Gasteiger charge is 2.07. The fraction of sp³-hybridized carbons (Fsp3) is 0.471. The van der Waals surface area contributed by atoms with E-state index in [1.807, 2.05) is 12.3 Å². The molecule has 0 saturated heterocycles. The average molecular weight is 271 g/mol. The molecule has 1 aromatic carbocycles. The molecule has 0 fully saturated rings. The predicted molar refractivity (Wildman–Crippen MR) is 85.8 cm³/mol. The van der Waals surface area contributed by atoms with Crippen molar-refractivity contribution in [1.29, 1.82) is 0 Å². The maximum absolute atomic E-state index is 4.39. The van der Waals surface area contributed by atoms with Crippen LogP contribution in [-0.4, -0.2) is 23.6 Å². The lowest BCUT2D eigenvalue weighted by atomic mass is 10.1. The molecule has 0 atom stereocenters. The summed E-state index contributed by atoms with van der Waals surface area (Å²) in [5.41, 5.74) is 2.60. The van der Waals surface area contributed by atoms with Gasteiger partial charge in [0.2, 0.25) is 0 Å². The minimum atomic E-state index is 0.210. The van der Waals surface area contributed by atoms with Crippen LogP contribution in [0.3, 0.4) is 0 Å². The molecule has 0 bridgehead atoms. The Kier molecular flexibility index (Phi) is 5.10. The van der Waals surface area contributed by atoms with Gasteiger partial charge in [-0.15, -0.1) is 0 Å². The van der Waals surface area contributed by atoms with E-state index in [-0.39, 0.29) is 5.54 Å². The number of hydrogen-bond donors (Lipinski definition) is 2. The number of pyridine rings is 1. The Morgan fingerprint density at radius 3 is 2.65 bits per heavy atom. The van der Waals surface area contributed by atoms with Crippen LogP contribution in [-0.2, 0) is 6.54 Å². The van der Waals surface area contributed by atoms with Crippen LogP contribution in [0.1, 0.15) is 32.8 Å². The van der Waals surface area contributed by atoms with Crippen LogP contribution >= 0.6 is 0 Å². The van der Waals surface area contributed by atoms with Crippen molar-refractivity contribution in [2.45, 2.75) is 39.3 Å². The number of nitrogens with zero attached hydrogens (tertiary/aromatic N) is 1. The average Bonchev–Trinajstić information content (AvgIpc) is 2.41. The van der Waals surface area contributed by atoms with Gasteiger partial charge in [0.05, 0.1) is 5.52 Å². The maximum Gasteiger partial charge on any atom is 0.0705 e. The highest BCUT2D eigenvalue weighted by atomic mass is 14.9. The summed E-state index contributed by atoms with van der Waals surface area (Å²) in [4.78, 5) is 4.39. The Morgan fingerprint density at radius 2 is 1.85 bits per heavy atom. The molecule has 1 heterocycles. The van der Waals surface area contributed by atoms with Gasteiger partial charge >= 0.3 is 0 Å². The molecule has 3 heteroatoms. The summed E-state index contributed by atoms with van der Waals surface area (Å²) in [6, 6.07) is 10.4. The largest absolute Gasteiger partial charge is 0.313 e. The van der Waals surface area contributed by atoms with Gasteiger partial charge in [0.1, 0.15) is 0 Å². The molecule has 0 saturated carbocycles. The Balaban J connectivity index is 1.79. The normalized spacial score (nSPS) is 11.9. The van der Waals surface area contributed by atoms with E-state index >= 15 is 0 Å². The SMILES string of the molecule is CC(C)(C)NCCCNCc1ccnc2ccccc12.